The second kappa shape index (κ2) is 2.35. The van der Waals surface area contributed by atoms with Crippen LogP contribution in [-0.2, 0) is 0 Å². The standard InChI is InChI=1S/C5H4ClN5/c6-4-1-2-11(9-4)5-3-7-10-8-5/h1-3H,(H,7,8,10). The smallest absolute Gasteiger partial charge is 0.195 e. The topological polar surface area (TPSA) is 59.4 Å². The van der Waals surface area contributed by atoms with Crippen molar-refractivity contribution in [2.24, 2.45) is 0 Å². The summed E-state index contributed by atoms with van der Waals surface area (Å²) < 4.78 is 1.53. The van der Waals surface area contributed by atoms with Crippen LogP contribution >= 0.6 is 11.6 Å². The summed E-state index contributed by atoms with van der Waals surface area (Å²) in [6, 6.07) is 1.68. The molecule has 0 spiro atoms. The van der Waals surface area contributed by atoms with E-state index >= 15 is 0 Å². The van der Waals surface area contributed by atoms with Crippen LogP contribution in [0.4, 0.5) is 0 Å². The molecule has 56 valence electrons. The Bertz CT molecular complexity index is 337. The molecule has 0 atom stereocenters. The van der Waals surface area contributed by atoms with E-state index in [1.165, 1.54) is 4.68 Å². The van der Waals surface area contributed by atoms with Gasteiger partial charge in [-0.1, -0.05) is 11.6 Å². The van der Waals surface area contributed by atoms with E-state index < -0.39 is 0 Å². The predicted molar refractivity (Wildman–Crippen MR) is 38.5 cm³/mol. The Morgan fingerprint density at radius 1 is 1.55 bits per heavy atom. The molecular weight excluding hydrogens is 166 g/mol. The van der Waals surface area contributed by atoms with Crippen molar-refractivity contribution < 1.29 is 0 Å². The fourth-order valence-corrected chi connectivity index (χ4v) is 0.873. The molecule has 0 aliphatic carbocycles. The number of hydrogen-bond acceptors (Lipinski definition) is 3. The molecule has 0 bridgehead atoms. The van der Waals surface area contributed by atoms with Crippen molar-refractivity contribution in [2.45, 2.75) is 0 Å². The van der Waals surface area contributed by atoms with E-state index in [4.69, 9.17) is 11.6 Å². The second-order valence-electron chi connectivity index (χ2n) is 1.91. The second-order valence-corrected chi connectivity index (χ2v) is 2.30. The van der Waals surface area contributed by atoms with E-state index in [9.17, 15) is 0 Å². The third-order valence-electron chi connectivity index (χ3n) is 1.19. The van der Waals surface area contributed by atoms with Crippen LogP contribution in [0.25, 0.3) is 5.82 Å². The summed E-state index contributed by atoms with van der Waals surface area (Å²) in [6.45, 7) is 0. The predicted octanol–water partition coefficient (Wildman–Crippen LogP) is 0.644. The monoisotopic (exact) mass is 169 g/mol. The molecule has 2 rings (SSSR count). The zero-order chi connectivity index (χ0) is 7.68. The number of nitrogens with one attached hydrogen (secondary N) is 1. The lowest BCUT2D eigenvalue weighted by Gasteiger charge is -1.89. The van der Waals surface area contributed by atoms with Crippen molar-refractivity contribution in [1.29, 1.82) is 0 Å². The normalized spacial score (nSPS) is 10.3. The van der Waals surface area contributed by atoms with Crippen LogP contribution in [0, 0.1) is 0 Å². The maximum absolute atomic E-state index is 5.59. The molecule has 2 heterocycles. The van der Waals surface area contributed by atoms with Gasteiger partial charge in [-0.15, -0.1) is 5.10 Å². The third-order valence-corrected chi connectivity index (χ3v) is 1.40. The molecule has 2 aromatic rings. The minimum atomic E-state index is 0.438. The Hall–Kier alpha value is -1.36. The first-order valence-corrected chi connectivity index (χ1v) is 3.31. The number of aromatic nitrogens is 5. The average Bonchev–Trinajstić information content (AvgIpc) is 2.55. The van der Waals surface area contributed by atoms with Gasteiger partial charge in [-0.05, 0) is 6.07 Å². The first-order valence-electron chi connectivity index (χ1n) is 2.93. The summed E-state index contributed by atoms with van der Waals surface area (Å²) in [5, 5.41) is 14.3. The number of rotatable bonds is 1. The molecule has 0 amide bonds. The number of H-pyrrole nitrogens is 1. The summed E-state index contributed by atoms with van der Waals surface area (Å²) in [7, 11) is 0. The van der Waals surface area contributed by atoms with Crippen LogP contribution in [0.3, 0.4) is 0 Å². The molecule has 0 fully saturated rings. The van der Waals surface area contributed by atoms with Crippen molar-refractivity contribution in [2.75, 3.05) is 0 Å². The lowest BCUT2D eigenvalue weighted by atomic mass is 10.7. The van der Waals surface area contributed by atoms with Crippen molar-refractivity contribution >= 4 is 11.6 Å². The molecule has 2 aromatic heterocycles. The van der Waals surface area contributed by atoms with Gasteiger partial charge in [0.1, 0.15) is 0 Å². The molecule has 0 saturated heterocycles. The van der Waals surface area contributed by atoms with Gasteiger partial charge >= 0.3 is 0 Å². The molecule has 11 heavy (non-hydrogen) atoms. The van der Waals surface area contributed by atoms with E-state index in [1.54, 1.807) is 18.5 Å². The molecular formula is C5H4ClN5. The minimum Gasteiger partial charge on any atom is -0.218 e. The highest BCUT2D eigenvalue weighted by Gasteiger charge is 1.99. The van der Waals surface area contributed by atoms with Gasteiger partial charge in [0, 0.05) is 6.20 Å². The molecule has 0 unspecified atom stereocenters. The fraction of sp³-hybridized carbons (Fsp3) is 0. The highest BCUT2D eigenvalue weighted by Crippen LogP contribution is 2.05. The SMILES string of the molecule is Clc1ccn(-c2cn[nH]n2)n1. The number of halogens is 1. The summed E-state index contributed by atoms with van der Waals surface area (Å²) in [4.78, 5) is 0. The molecule has 5 nitrogen and oxygen atoms in total. The molecule has 0 radical (unpaired) electrons. The van der Waals surface area contributed by atoms with Gasteiger partial charge in [0.15, 0.2) is 11.0 Å². The summed E-state index contributed by atoms with van der Waals surface area (Å²) in [6.07, 6.45) is 3.27. The zero-order valence-electron chi connectivity index (χ0n) is 5.40. The van der Waals surface area contributed by atoms with Gasteiger partial charge in [0.25, 0.3) is 0 Å². The first-order chi connectivity index (χ1) is 5.36. The fourth-order valence-electron chi connectivity index (χ4n) is 0.735. The van der Waals surface area contributed by atoms with E-state index in [0.29, 0.717) is 11.0 Å². The summed E-state index contributed by atoms with van der Waals surface area (Å²) >= 11 is 5.59. The van der Waals surface area contributed by atoms with Gasteiger partial charge in [-0.3, -0.25) is 0 Å². The molecule has 0 aliphatic heterocycles. The van der Waals surface area contributed by atoms with Crippen LogP contribution in [0.2, 0.25) is 5.15 Å². The first kappa shape index (κ1) is 6.36. The van der Waals surface area contributed by atoms with Gasteiger partial charge in [-0.2, -0.15) is 15.4 Å². The van der Waals surface area contributed by atoms with Crippen molar-refractivity contribution in [3.63, 3.8) is 0 Å². The number of nitrogens with zero attached hydrogens (tertiary/aromatic N) is 4. The lowest BCUT2D eigenvalue weighted by molar-refractivity contribution is 0.829. The van der Waals surface area contributed by atoms with Gasteiger partial charge < -0.3 is 0 Å². The Kier molecular flexibility index (Phi) is 1.36. The maximum Gasteiger partial charge on any atom is 0.195 e. The van der Waals surface area contributed by atoms with Crippen LogP contribution < -0.4 is 0 Å². The van der Waals surface area contributed by atoms with Gasteiger partial charge in [0.2, 0.25) is 0 Å². The van der Waals surface area contributed by atoms with Crippen LogP contribution in [-0.4, -0.2) is 25.2 Å². The molecule has 6 heteroatoms. The van der Waals surface area contributed by atoms with Crippen LogP contribution in [0.1, 0.15) is 0 Å². The van der Waals surface area contributed by atoms with Crippen molar-refractivity contribution in [1.82, 2.24) is 25.2 Å². The Labute approximate surface area is 67.0 Å². The Balaban J connectivity index is 2.45. The van der Waals surface area contributed by atoms with E-state index in [0.717, 1.165) is 0 Å². The van der Waals surface area contributed by atoms with Crippen molar-refractivity contribution in [3.8, 4) is 5.82 Å². The zero-order valence-corrected chi connectivity index (χ0v) is 6.15. The highest BCUT2D eigenvalue weighted by atomic mass is 35.5. The van der Waals surface area contributed by atoms with E-state index in [2.05, 4.69) is 20.5 Å². The quantitative estimate of drug-likeness (QED) is 0.682. The largest absolute Gasteiger partial charge is 0.218 e. The lowest BCUT2D eigenvalue weighted by Crippen LogP contribution is -1.93. The van der Waals surface area contributed by atoms with Crippen molar-refractivity contribution in [3.05, 3.63) is 23.6 Å². The molecule has 0 aromatic carbocycles. The average molecular weight is 170 g/mol. The van der Waals surface area contributed by atoms with Gasteiger partial charge in [0.05, 0.1) is 6.20 Å². The van der Waals surface area contributed by atoms with Crippen LogP contribution in [0.5, 0.6) is 0 Å². The summed E-state index contributed by atoms with van der Waals surface area (Å²) in [5.74, 6) is 0.622. The summed E-state index contributed by atoms with van der Waals surface area (Å²) in [5.41, 5.74) is 0. The Morgan fingerprint density at radius 3 is 3.00 bits per heavy atom. The Morgan fingerprint density at radius 2 is 2.45 bits per heavy atom. The van der Waals surface area contributed by atoms with E-state index in [-0.39, 0.29) is 0 Å². The molecule has 0 saturated carbocycles. The molecule has 0 aliphatic rings. The number of aromatic amines is 1. The minimum absolute atomic E-state index is 0.438. The number of hydrogen-bond donors (Lipinski definition) is 1. The van der Waals surface area contributed by atoms with Crippen LogP contribution in [0.15, 0.2) is 18.5 Å². The van der Waals surface area contributed by atoms with Gasteiger partial charge in [-0.25, -0.2) is 4.68 Å². The molecule has 1 N–H and O–H groups in total. The van der Waals surface area contributed by atoms with E-state index in [1.807, 2.05) is 0 Å². The maximum atomic E-state index is 5.59. The third kappa shape index (κ3) is 1.10. The highest BCUT2D eigenvalue weighted by molar-refractivity contribution is 6.29.